The fourth-order valence-electron chi connectivity index (χ4n) is 4.30. The molecule has 2 N–H and O–H groups in total. The molecule has 0 bridgehead atoms. The Morgan fingerprint density at radius 1 is 1.11 bits per heavy atom. The number of rotatable bonds is 7. The number of nitrogens with one attached hydrogen (secondary N) is 2. The first-order valence-electron chi connectivity index (χ1n) is 11.5. The summed E-state index contributed by atoms with van der Waals surface area (Å²) in [4.78, 5) is 17.2. The van der Waals surface area contributed by atoms with Crippen LogP contribution < -0.4 is 5.32 Å². The van der Waals surface area contributed by atoms with Crippen molar-refractivity contribution < 1.29 is 18.0 Å². The number of anilines is 1. The van der Waals surface area contributed by atoms with Crippen LogP contribution in [0.1, 0.15) is 43.0 Å². The summed E-state index contributed by atoms with van der Waals surface area (Å²) in [6, 6.07) is 12.9. The summed E-state index contributed by atoms with van der Waals surface area (Å²) >= 11 is 0. The minimum Gasteiger partial charge on any atom is -0.325 e. The van der Waals surface area contributed by atoms with Crippen LogP contribution >= 0.6 is 0 Å². The van der Waals surface area contributed by atoms with Crippen molar-refractivity contribution in [2.24, 2.45) is 0 Å². The molecule has 5 rings (SSSR count). The summed E-state index contributed by atoms with van der Waals surface area (Å²) in [5.41, 5.74) is 2.18. The van der Waals surface area contributed by atoms with Gasteiger partial charge in [-0.2, -0.15) is 8.78 Å². The summed E-state index contributed by atoms with van der Waals surface area (Å²) in [5, 5.41) is 16.8. The number of benzene rings is 2. The van der Waals surface area contributed by atoms with Gasteiger partial charge in [0, 0.05) is 35.0 Å². The predicted molar refractivity (Wildman–Crippen MR) is 128 cm³/mol. The maximum atomic E-state index is 14.6. The van der Waals surface area contributed by atoms with E-state index in [9.17, 15) is 18.0 Å². The van der Waals surface area contributed by atoms with E-state index in [0.717, 1.165) is 5.56 Å². The van der Waals surface area contributed by atoms with E-state index in [2.05, 4.69) is 30.9 Å². The molecule has 1 aliphatic carbocycles. The Morgan fingerprint density at radius 3 is 2.53 bits per heavy atom. The van der Waals surface area contributed by atoms with Gasteiger partial charge in [-0.25, -0.2) is 9.49 Å². The van der Waals surface area contributed by atoms with E-state index in [1.807, 2.05) is 0 Å². The summed E-state index contributed by atoms with van der Waals surface area (Å²) in [6.07, 6.45) is 2.13. The van der Waals surface area contributed by atoms with Crippen LogP contribution in [0, 0.1) is 12.7 Å². The van der Waals surface area contributed by atoms with Gasteiger partial charge in [0.05, 0.1) is 5.41 Å². The number of halogens is 3. The van der Waals surface area contributed by atoms with Crippen LogP contribution in [0.15, 0.2) is 54.7 Å². The lowest BCUT2D eigenvalue weighted by molar-refractivity contribution is -0.118. The van der Waals surface area contributed by atoms with Crippen LogP contribution in [-0.4, -0.2) is 31.5 Å². The first-order valence-corrected chi connectivity index (χ1v) is 11.5. The van der Waals surface area contributed by atoms with Crippen LogP contribution in [0.5, 0.6) is 0 Å². The summed E-state index contributed by atoms with van der Waals surface area (Å²) in [5.74, 6) is -3.38. The Bertz CT molecular complexity index is 1420. The van der Waals surface area contributed by atoms with Gasteiger partial charge in [0.1, 0.15) is 11.5 Å². The normalized spacial score (nSPS) is 14.5. The van der Waals surface area contributed by atoms with Gasteiger partial charge in [-0.15, -0.1) is 5.10 Å². The zero-order valence-corrected chi connectivity index (χ0v) is 19.6. The van der Waals surface area contributed by atoms with E-state index in [-0.39, 0.29) is 18.0 Å². The van der Waals surface area contributed by atoms with E-state index >= 15 is 0 Å². The lowest BCUT2D eigenvalue weighted by Gasteiger charge is -2.18. The maximum Gasteiger partial charge on any atom is 0.289 e. The third-order valence-electron chi connectivity index (χ3n) is 6.60. The predicted octanol–water partition coefficient (Wildman–Crippen LogP) is 5.55. The number of aromatic amines is 1. The van der Waals surface area contributed by atoms with Gasteiger partial charge < -0.3 is 5.32 Å². The second-order valence-electron chi connectivity index (χ2n) is 9.02. The zero-order valence-electron chi connectivity index (χ0n) is 19.6. The third kappa shape index (κ3) is 4.23. The number of carbonyl (C=O) groups is 1. The molecule has 0 unspecified atom stereocenters. The number of nitrogens with zero attached hydrogens (tertiary/aromatic N) is 4. The van der Waals surface area contributed by atoms with Crippen molar-refractivity contribution in [3.63, 3.8) is 0 Å². The molecule has 184 valence electrons. The molecule has 2 heterocycles. The Kier molecular flexibility index (Phi) is 5.82. The number of aromatic nitrogens is 5. The number of hydrogen-bond acceptors (Lipinski definition) is 5. The molecule has 2 aromatic heterocycles. The highest BCUT2D eigenvalue weighted by Gasteiger charge is 2.52. The van der Waals surface area contributed by atoms with E-state index in [0.29, 0.717) is 46.6 Å². The van der Waals surface area contributed by atoms with Crippen molar-refractivity contribution in [2.45, 2.75) is 44.4 Å². The largest absolute Gasteiger partial charge is 0.325 e. The Balaban J connectivity index is 1.47. The second-order valence-corrected chi connectivity index (χ2v) is 9.02. The minimum atomic E-state index is -3.01. The van der Waals surface area contributed by atoms with Crippen molar-refractivity contribution in [3.05, 3.63) is 77.4 Å². The summed E-state index contributed by atoms with van der Waals surface area (Å²) < 4.78 is 42.7. The first kappa shape index (κ1) is 23.7. The number of alkyl halides is 2. The molecule has 1 amide bonds. The number of amides is 1. The molecule has 0 atom stereocenters. The average molecular weight is 493 g/mol. The van der Waals surface area contributed by atoms with Crippen molar-refractivity contribution in [2.75, 3.05) is 5.32 Å². The smallest absolute Gasteiger partial charge is 0.289 e. The molecule has 0 aliphatic heterocycles. The SMILES string of the molecule is CCC(F)(F)c1ccc(-c2ccc(NC(=O)C3(c4ccc(C)cc4F)CC3)cc2-c2nnn[nH]2)cn1. The quantitative estimate of drug-likeness (QED) is 0.353. The fourth-order valence-corrected chi connectivity index (χ4v) is 4.30. The lowest BCUT2D eigenvalue weighted by Crippen LogP contribution is -2.28. The number of hydrogen-bond donors (Lipinski definition) is 2. The van der Waals surface area contributed by atoms with Gasteiger partial charge >= 0.3 is 0 Å². The van der Waals surface area contributed by atoms with Crippen LogP contribution in [0.3, 0.4) is 0 Å². The van der Waals surface area contributed by atoms with Crippen LogP contribution in [0.4, 0.5) is 18.9 Å². The molecule has 1 fully saturated rings. The Morgan fingerprint density at radius 2 is 1.92 bits per heavy atom. The number of pyridine rings is 1. The van der Waals surface area contributed by atoms with Crippen molar-refractivity contribution in [1.29, 1.82) is 0 Å². The number of aryl methyl sites for hydroxylation is 1. The maximum absolute atomic E-state index is 14.6. The van der Waals surface area contributed by atoms with E-state index in [1.165, 1.54) is 25.3 Å². The second kappa shape index (κ2) is 8.85. The van der Waals surface area contributed by atoms with E-state index in [1.54, 1.807) is 43.3 Å². The molecule has 0 saturated heterocycles. The van der Waals surface area contributed by atoms with Crippen LogP contribution in [0.2, 0.25) is 0 Å². The summed E-state index contributed by atoms with van der Waals surface area (Å²) in [6.45, 7) is 3.20. The van der Waals surface area contributed by atoms with E-state index < -0.39 is 17.2 Å². The topological polar surface area (TPSA) is 96.5 Å². The van der Waals surface area contributed by atoms with Crippen molar-refractivity contribution >= 4 is 11.6 Å². The van der Waals surface area contributed by atoms with Gasteiger partial charge in [-0.3, -0.25) is 9.78 Å². The molecule has 1 aliphatic rings. The number of carbonyl (C=O) groups excluding carboxylic acids is 1. The Hall–Kier alpha value is -4.08. The molecule has 1 saturated carbocycles. The molecule has 10 heteroatoms. The molecular weight excluding hydrogens is 469 g/mol. The zero-order chi connectivity index (χ0) is 25.5. The highest BCUT2D eigenvalue weighted by atomic mass is 19.3. The van der Waals surface area contributed by atoms with Crippen LogP contribution in [0.25, 0.3) is 22.5 Å². The molecule has 0 spiro atoms. The van der Waals surface area contributed by atoms with Gasteiger partial charge in [-0.1, -0.05) is 31.2 Å². The van der Waals surface area contributed by atoms with Gasteiger partial charge in [0.25, 0.3) is 5.92 Å². The lowest BCUT2D eigenvalue weighted by atomic mass is 9.93. The van der Waals surface area contributed by atoms with Crippen molar-refractivity contribution in [3.8, 4) is 22.5 Å². The van der Waals surface area contributed by atoms with Crippen LogP contribution in [-0.2, 0) is 16.1 Å². The minimum absolute atomic E-state index is 0.299. The fraction of sp³-hybridized carbons (Fsp3) is 0.269. The first-order chi connectivity index (χ1) is 17.2. The molecule has 7 nitrogen and oxygen atoms in total. The monoisotopic (exact) mass is 492 g/mol. The molecule has 36 heavy (non-hydrogen) atoms. The molecular formula is C26H23F3N6O. The van der Waals surface area contributed by atoms with E-state index in [4.69, 9.17) is 0 Å². The Labute approximate surface area is 205 Å². The standard InChI is InChI=1S/C26H23F3N6O/c1-3-26(28,29)22-9-5-16(14-30-22)18-7-6-17(13-19(18)23-32-34-35-33-23)31-24(36)25(10-11-25)20-8-4-15(2)12-21(20)27/h4-9,12-14H,3,10-11H2,1-2H3,(H,31,36)(H,32,33,34,35). The molecule has 4 aromatic rings. The molecule has 2 aromatic carbocycles. The average Bonchev–Trinajstić information content (AvgIpc) is 3.49. The van der Waals surface area contributed by atoms with Gasteiger partial charge in [0.15, 0.2) is 5.82 Å². The highest BCUT2D eigenvalue weighted by Crippen LogP contribution is 2.50. The van der Waals surface area contributed by atoms with Crippen molar-refractivity contribution in [1.82, 2.24) is 25.6 Å². The third-order valence-corrected chi connectivity index (χ3v) is 6.60. The van der Waals surface area contributed by atoms with Gasteiger partial charge in [-0.05, 0) is 65.6 Å². The number of H-pyrrole nitrogens is 1. The van der Waals surface area contributed by atoms with Gasteiger partial charge in [0.2, 0.25) is 5.91 Å². The highest BCUT2D eigenvalue weighted by molar-refractivity contribution is 6.02. The molecule has 0 radical (unpaired) electrons. The summed E-state index contributed by atoms with van der Waals surface area (Å²) in [7, 11) is 0. The number of tetrazole rings is 1.